The van der Waals surface area contributed by atoms with Crippen LogP contribution in [-0.4, -0.2) is 49.2 Å². The molecule has 1 saturated heterocycles. The highest BCUT2D eigenvalue weighted by Gasteiger charge is 2.19. The molecule has 2 heterocycles. The normalized spacial score (nSPS) is 14.9. The van der Waals surface area contributed by atoms with E-state index in [0.29, 0.717) is 5.15 Å². The first-order valence-corrected chi connectivity index (χ1v) is 10.8. The molecule has 0 unspecified atom stereocenters. The van der Waals surface area contributed by atoms with Crippen LogP contribution in [0.4, 0.5) is 14.6 Å². The molecule has 1 aliphatic rings. The van der Waals surface area contributed by atoms with E-state index in [4.69, 9.17) is 11.6 Å². The highest BCUT2D eigenvalue weighted by Crippen LogP contribution is 2.23. The van der Waals surface area contributed by atoms with E-state index >= 15 is 0 Å². The fraction of sp³-hybridized carbons (Fsp3) is 0.292. The molecule has 162 valence electrons. The van der Waals surface area contributed by atoms with Crippen LogP contribution in [-0.2, 0) is 0 Å². The molecular formula is C24H25ClF2N4. The summed E-state index contributed by atoms with van der Waals surface area (Å²) in [4.78, 5) is 9.04. The molecule has 4 rings (SSSR count). The van der Waals surface area contributed by atoms with Crippen LogP contribution < -0.4 is 10.2 Å². The summed E-state index contributed by atoms with van der Waals surface area (Å²) in [5.74, 6) is 0.375. The van der Waals surface area contributed by atoms with Gasteiger partial charge in [-0.15, -0.1) is 0 Å². The van der Waals surface area contributed by atoms with E-state index in [1.54, 1.807) is 30.3 Å². The fourth-order valence-electron chi connectivity index (χ4n) is 3.88. The van der Waals surface area contributed by atoms with Crippen molar-refractivity contribution in [3.8, 4) is 0 Å². The van der Waals surface area contributed by atoms with E-state index in [1.807, 2.05) is 12.1 Å². The van der Waals surface area contributed by atoms with Gasteiger partial charge in [-0.25, -0.2) is 13.8 Å². The first kappa shape index (κ1) is 21.7. The van der Waals surface area contributed by atoms with Crippen molar-refractivity contribution < 1.29 is 8.78 Å². The van der Waals surface area contributed by atoms with Gasteiger partial charge >= 0.3 is 0 Å². The van der Waals surface area contributed by atoms with Crippen LogP contribution >= 0.6 is 11.6 Å². The van der Waals surface area contributed by atoms with Crippen molar-refractivity contribution >= 4 is 17.4 Å². The molecule has 1 N–H and O–H groups in total. The predicted molar refractivity (Wildman–Crippen MR) is 121 cm³/mol. The highest BCUT2D eigenvalue weighted by molar-refractivity contribution is 6.29. The van der Waals surface area contributed by atoms with Crippen molar-refractivity contribution in [1.29, 1.82) is 0 Å². The van der Waals surface area contributed by atoms with Crippen LogP contribution in [0.1, 0.15) is 17.2 Å². The number of anilines is 1. The Morgan fingerprint density at radius 1 is 0.839 bits per heavy atom. The molecule has 1 aliphatic heterocycles. The quantitative estimate of drug-likeness (QED) is 0.545. The average Bonchev–Trinajstić information content (AvgIpc) is 2.79. The van der Waals surface area contributed by atoms with Crippen LogP contribution in [0.2, 0.25) is 5.15 Å². The highest BCUT2D eigenvalue weighted by atomic mass is 35.5. The van der Waals surface area contributed by atoms with E-state index in [2.05, 4.69) is 20.1 Å². The average molecular weight is 443 g/mol. The van der Waals surface area contributed by atoms with Gasteiger partial charge in [-0.05, 0) is 47.5 Å². The van der Waals surface area contributed by atoms with Crippen LogP contribution in [0.5, 0.6) is 0 Å². The standard InChI is InChI=1S/C24H25ClF2N4/c25-22-2-1-3-23(29-22)31-16-14-30(15-17-31)13-12-28-24(18-4-8-20(26)9-5-18)19-6-10-21(27)11-7-19/h1-11,24,28H,12-17H2. The summed E-state index contributed by atoms with van der Waals surface area (Å²) < 4.78 is 26.8. The molecule has 4 nitrogen and oxygen atoms in total. The Bertz CT molecular complexity index is 928. The lowest BCUT2D eigenvalue weighted by Crippen LogP contribution is -2.48. The zero-order valence-corrected chi connectivity index (χ0v) is 17.9. The van der Waals surface area contributed by atoms with Crippen molar-refractivity contribution in [3.63, 3.8) is 0 Å². The largest absolute Gasteiger partial charge is 0.354 e. The van der Waals surface area contributed by atoms with Crippen LogP contribution in [0, 0.1) is 11.6 Å². The van der Waals surface area contributed by atoms with E-state index in [9.17, 15) is 8.78 Å². The summed E-state index contributed by atoms with van der Waals surface area (Å²) in [5.41, 5.74) is 1.90. The maximum Gasteiger partial charge on any atom is 0.131 e. The monoisotopic (exact) mass is 442 g/mol. The Labute approximate surface area is 186 Å². The third kappa shape index (κ3) is 5.79. The number of hydrogen-bond acceptors (Lipinski definition) is 4. The number of pyridine rings is 1. The van der Waals surface area contributed by atoms with E-state index in [-0.39, 0.29) is 17.7 Å². The third-order valence-electron chi connectivity index (χ3n) is 5.58. The predicted octanol–water partition coefficient (Wildman–Crippen LogP) is 4.51. The number of hydrogen-bond donors (Lipinski definition) is 1. The summed E-state index contributed by atoms with van der Waals surface area (Å²) >= 11 is 6.01. The second-order valence-corrected chi connectivity index (χ2v) is 8.02. The Morgan fingerprint density at radius 3 is 1.97 bits per heavy atom. The second-order valence-electron chi connectivity index (χ2n) is 7.64. The molecule has 3 aromatic rings. The van der Waals surface area contributed by atoms with Gasteiger partial charge in [-0.1, -0.05) is 41.9 Å². The molecule has 0 aliphatic carbocycles. The fourth-order valence-corrected chi connectivity index (χ4v) is 4.04. The molecule has 0 spiro atoms. The molecule has 31 heavy (non-hydrogen) atoms. The summed E-state index contributed by atoms with van der Waals surface area (Å²) in [5, 5.41) is 4.07. The van der Waals surface area contributed by atoms with E-state index in [1.165, 1.54) is 24.3 Å². The molecule has 0 amide bonds. The van der Waals surface area contributed by atoms with Crippen LogP contribution in [0.25, 0.3) is 0 Å². The van der Waals surface area contributed by atoms with Crippen molar-refractivity contribution in [1.82, 2.24) is 15.2 Å². The second kappa shape index (κ2) is 10.2. The van der Waals surface area contributed by atoms with Gasteiger partial charge in [0.2, 0.25) is 0 Å². The molecule has 2 aromatic carbocycles. The number of aromatic nitrogens is 1. The smallest absolute Gasteiger partial charge is 0.131 e. The zero-order chi connectivity index (χ0) is 21.6. The molecule has 7 heteroatoms. The first-order valence-electron chi connectivity index (χ1n) is 10.4. The summed E-state index contributed by atoms with van der Waals surface area (Å²) in [7, 11) is 0. The maximum absolute atomic E-state index is 13.4. The summed E-state index contributed by atoms with van der Waals surface area (Å²) in [6.07, 6.45) is 0. The van der Waals surface area contributed by atoms with Gasteiger partial charge in [0.15, 0.2) is 0 Å². The van der Waals surface area contributed by atoms with E-state index in [0.717, 1.165) is 56.2 Å². The Kier molecular flexibility index (Phi) is 7.12. The maximum atomic E-state index is 13.4. The summed E-state index contributed by atoms with van der Waals surface area (Å²) in [6, 6.07) is 18.5. The lowest BCUT2D eigenvalue weighted by atomic mass is 9.98. The summed E-state index contributed by atoms with van der Waals surface area (Å²) in [6.45, 7) is 5.31. The molecule has 0 radical (unpaired) electrons. The minimum atomic E-state index is -0.270. The number of nitrogens with one attached hydrogen (secondary N) is 1. The first-order chi connectivity index (χ1) is 15.1. The topological polar surface area (TPSA) is 31.4 Å². The van der Waals surface area contributed by atoms with Gasteiger partial charge in [0, 0.05) is 39.3 Å². The SMILES string of the molecule is Fc1ccc(C(NCCN2CCN(c3cccc(Cl)n3)CC2)c2ccc(F)cc2)cc1. The van der Waals surface area contributed by atoms with Gasteiger partial charge in [0.25, 0.3) is 0 Å². The van der Waals surface area contributed by atoms with Gasteiger partial charge in [0.05, 0.1) is 6.04 Å². The molecular weight excluding hydrogens is 418 g/mol. The lowest BCUT2D eigenvalue weighted by molar-refractivity contribution is 0.255. The Balaban J connectivity index is 1.34. The number of halogens is 3. The molecule has 0 saturated carbocycles. The molecule has 1 fully saturated rings. The number of nitrogens with zero attached hydrogens (tertiary/aromatic N) is 3. The Morgan fingerprint density at radius 2 is 1.42 bits per heavy atom. The van der Waals surface area contributed by atoms with Crippen molar-refractivity contribution in [2.24, 2.45) is 0 Å². The van der Waals surface area contributed by atoms with Crippen molar-refractivity contribution in [2.75, 3.05) is 44.2 Å². The van der Waals surface area contributed by atoms with Crippen molar-refractivity contribution in [2.45, 2.75) is 6.04 Å². The number of piperazine rings is 1. The van der Waals surface area contributed by atoms with Crippen molar-refractivity contribution in [3.05, 3.63) is 94.6 Å². The van der Waals surface area contributed by atoms with E-state index < -0.39 is 0 Å². The van der Waals surface area contributed by atoms with Gasteiger partial charge in [-0.3, -0.25) is 4.90 Å². The molecule has 0 atom stereocenters. The lowest BCUT2D eigenvalue weighted by Gasteiger charge is -2.35. The minimum absolute atomic E-state index is 0.127. The van der Waals surface area contributed by atoms with Gasteiger partial charge < -0.3 is 10.2 Å². The number of rotatable bonds is 7. The van der Waals surface area contributed by atoms with Crippen LogP contribution in [0.15, 0.2) is 66.7 Å². The van der Waals surface area contributed by atoms with Crippen LogP contribution in [0.3, 0.4) is 0 Å². The van der Waals surface area contributed by atoms with Gasteiger partial charge in [-0.2, -0.15) is 0 Å². The Hall–Kier alpha value is -2.54. The minimum Gasteiger partial charge on any atom is -0.354 e. The number of benzene rings is 2. The zero-order valence-electron chi connectivity index (χ0n) is 17.1. The van der Waals surface area contributed by atoms with Gasteiger partial charge in [0.1, 0.15) is 22.6 Å². The molecule has 0 bridgehead atoms. The third-order valence-corrected chi connectivity index (χ3v) is 5.79. The molecule has 1 aromatic heterocycles.